The van der Waals surface area contributed by atoms with Crippen LogP contribution in [-0.4, -0.2) is 68.3 Å². The fraction of sp³-hybridized carbons (Fsp3) is 0.333. The molecule has 0 saturated carbocycles. The molecule has 282 valence electrons. The number of sulfone groups is 4. The Morgan fingerprint density at radius 3 is 0.769 bits per heavy atom. The predicted octanol–water partition coefficient (Wildman–Crippen LogP) is 3.30. The summed E-state index contributed by atoms with van der Waals surface area (Å²) in [5, 5.41) is 5.15. The molecule has 0 unspecified atom stereocenters. The maximum Gasteiger partial charge on any atom is 0.280 e. The van der Waals surface area contributed by atoms with E-state index in [0.717, 1.165) is 48.5 Å². The molecule has 0 fully saturated rings. The van der Waals surface area contributed by atoms with E-state index in [-0.39, 0.29) is 25.9 Å². The third kappa shape index (κ3) is 6.98. The first-order valence-electron chi connectivity index (χ1n) is 16.5. The topological polar surface area (TPSA) is 213 Å². The monoisotopic (exact) mass is 790 g/mol. The lowest BCUT2D eigenvalue weighted by atomic mass is 10.2. The van der Waals surface area contributed by atoms with E-state index in [4.69, 9.17) is 11.5 Å². The summed E-state index contributed by atoms with van der Waals surface area (Å²) >= 11 is 0. The van der Waals surface area contributed by atoms with Gasteiger partial charge in [-0.3, -0.25) is 10.6 Å². The van der Waals surface area contributed by atoms with Gasteiger partial charge in [-0.05, 0) is 115 Å². The molecule has 0 aliphatic carbocycles. The number of benzene rings is 4. The molecule has 0 amide bonds. The van der Waals surface area contributed by atoms with E-state index in [1.165, 1.54) is 48.5 Å². The van der Waals surface area contributed by atoms with Crippen LogP contribution in [0.4, 0.5) is 0 Å². The highest BCUT2D eigenvalue weighted by molar-refractivity contribution is 8.17. The largest absolute Gasteiger partial charge is 0.330 e. The van der Waals surface area contributed by atoms with Crippen molar-refractivity contribution < 1.29 is 33.7 Å². The summed E-state index contributed by atoms with van der Waals surface area (Å²) in [6.07, 6.45) is -0.134. The second-order valence-corrected chi connectivity index (χ2v) is 21.5. The van der Waals surface area contributed by atoms with Crippen LogP contribution in [0.25, 0.3) is 0 Å². The fourth-order valence-corrected chi connectivity index (χ4v) is 18.1. The van der Waals surface area contributed by atoms with Crippen LogP contribution in [0.2, 0.25) is 0 Å². The van der Waals surface area contributed by atoms with E-state index in [2.05, 4.69) is 10.6 Å². The lowest BCUT2D eigenvalue weighted by Crippen LogP contribution is -2.81. The molecule has 6 N–H and O–H groups in total. The molecular weight excluding hydrogens is 745 g/mol. The summed E-state index contributed by atoms with van der Waals surface area (Å²) in [6.45, 7) is 5.48. The third-order valence-electron chi connectivity index (χ3n) is 8.75. The first-order valence-corrected chi connectivity index (χ1v) is 22.5. The first kappa shape index (κ1) is 41.3. The zero-order chi connectivity index (χ0) is 38.6. The van der Waals surface area contributed by atoms with Crippen molar-refractivity contribution >= 4 is 39.3 Å². The van der Waals surface area contributed by atoms with Crippen LogP contribution in [0.3, 0.4) is 0 Å². The van der Waals surface area contributed by atoms with Crippen molar-refractivity contribution in [2.45, 2.75) is 68.5 Å². The highest BCUT2D eigenvalue weighted by Gasteiger charge is 2.80. The number of aryl methyl sites for hydroxylation is 4. The van der Waals surface area contributed by atoms with Crippen LogP contribution >= 0.6 is 0 Å². The molecule has 0 radical (unpaired) electrons. The molecule has 0 atom stereocenters. The predicted molar refractivity (Wildman–Crippen MR) is 202 cm³/mol. The fourth-order valence-electron chi connectivity index (χ4n) is 5.85. The van der Waals surface area contributed by atoms with Gasteiger partial charge in [-0.15, -0.1) is 0 Å². The summed E-state index contributed by atoms with van der Waals surface area (Å²) < 4.78 is 118. The number of nitrogens with one attached hydrogen (secondary N) is 2. The van der Waals surface area contributed by atoms with Gasteiger partial charge >= 0.3 is 0 Å². The minimum absolute atomic E-state index is 0.0668. The van der Waals surface area contributed by atoms with Crippen LogP contribution in [0.5, 0.6) is 0 Å². The SMILES string of the molecule is Cc1ccc(S(=O)(=O)C(NCCCN)(C(NCCCN)(S(=O)(=O)c2ccc(C)cc2)S(=O)(=O)c2ccc(C)cc2)S(=O)(=O)c2ccc(C)cc2)cc1. The Kier molecular flexibility index (Phi) is 12.6. The maximum absolute atomic E-state index is 15.7. The molecule has 52 heavy (non-hydrogen) atoms. The smallest absolute Gasteiger partial charge is 0.280 e. The molecule has 12 nitrogen and oxygen atoms in total. The molecule has 0 aliphatic heterocycles. The summed E-state index contributed by atoms with van der Waals surface area (Å²) in [5.41, 5.74) is 14.1. The van der Waals surface area contributed by atoms with Crippen LogP contribution in [0.1, 0.15) is 35.1 Å². The van der Waals surface area contributed by atoms with E-state index in [1.54, 1.807) is 27.7 Å². The molecule has 0 aromatic heterocycles. The lowest BCUT2D eigenvalue weighted by Gasteiger charge is -2.47. The third-order valence-corrected chi connectivity index (χ3v) is 20.3. The molecule has 4 rings (SSSR count). The van der Waals surface area contributed by atoms with Gasteiger partial charge < -0.3 is 11.5 Å². The van der Waals surface area contributed by atoms with Gasteiger partial charge in [0.1, 0.15) is 0 Å². The van der Waals surface area contributed by atoms with Crippen molar-refractivity contribution in [1.29, 1.82) is 0 Å². The van der Waals surface area contributed by atoms with Gasteiger partial charge in [-0.2, -0.15) is 0 Å². The molecule has 0 aliphatic rings. The van der Waals surface area contributed by atoms with Gasteiger partial charge in [0.2, 0.25) is 39.3 Å². The maximum atomic E-state index is 15.7. The zero-order valence-electron chi connectivity index (χ0n) is 29.5. The van der Waals surface area contributed by atoms with Gasteiger partial charge in [0, 0.05) is 0 Å². The van der Waals surface area contributed by atoms with Crippen LogP contribution in [0, 0.1) is 27.7 Å². The highest BCUT2D eigenvalue weighted by atomic mass is 32.3. The van der Waals surface area contributed by atoms with Crippen molar-refractivity contribution in [2.75, 3.05) is 26.2 Å². The molecule has 0 heterocycles. The van der Waals surface area contributed by atoms with Gasteiger partial charge in [0.25, 0.3) is 8.41 Å². The number of rotatable bonds is 17. The van der Waals surface area contributed by atoms with E-state index < -0.39 is 80.4 Å². The Morgan fingerprint density at radius 2 is 0.596 bits per heavy atom. The van der Waals surface area contributed by atoms with E-state index in [0.29, 0.717) is 22.3 Å². The van der Waals surface area contributed by atoms with Crippen LogP contribution in [-0.2, 0) is 39.3 Å². The van der Waals surface area contributed by atoms with Gasteiger partial charge in [-0.1, -0.05) is 70.8 Å². The zero-order valence-corrected chi connectivity index (χ0v) is 32.8. The van der Waals surface area contributed by atoms with E-state index in [1.807, 2.05) is 0 Å². The molecule has 4 aromatic rings. The molecule has 0 saturated heterocycles. The molecular formula is C36H46N4O8S4. The Labute approximate surface area is 307 Å². The van der Waals surface area contributed by atoms with E-state index in [9.17, 15) is 0 Å². The average molecular weight is 791 g/mol. The summed E-state index contributed by atoms with van der Waals surface area (Å²) in [5.74, 6) is 0. The molecule has 16 heteroatoms. The van der Waals surface area contributed by atoms with Crippen LogP contribution in [0.15, 0.2) is 117 Å². The Bertz CT molecular complexity index is 1980. The quantitative estimate of drug-likeness (QED) is 0.114. The van der Waals surface area contributed by atoms with Crippen molar-refractivity contribution in [1.82, 2.24) is 10.6 Å². The standard InChI is InChI=1S/C36H46N4O8S4/c1-27-7-15-31(16-8-27)49(41,42)35(39-25-5-23-37,50(43,44)32-17-9-28(2)10-18-32)36(40-26-6-24-38,51(45,46)33-19-11-29(3)12-20-33)52(47,48)34-21-13-30(4)14-22-34/h7-22,39-40H,5-6,23-26,37-38H2,1-4H3. The number of nitrogens with two attached hydrogens (primary N) is 2. The van der Waals surface area contributed by atoms with Crippen LogP contribution < -0.4 is 22.1 Å². The van der Waals surface area contributed by atoms with Gasteiger partial charge in [-0.25, -0.2) is 33.7 Å². The summed E-state index contributed by atoms with van der Waals surface area (Å²) in [4.78, 5) is -2.57. The number of hydrogen-bond donors (Lipinski definition) is 4. The first-order chi connectivity index (χ1) is 24.4. The Hall–Kier alpha value is -3.48. The Morgan fingerprint density at radius 1 is 0.404 bits per heavy atom. The molecule has 0 bridgehead atoms. The summed E-state index contributed by atoms with van der Waals surface area (Å²) in [6, 6.07) is 20.2. The van der Waals surface area contributed by atoms with E-state index >= 15 is 33.7 Å². The second kappa shape index (κ2) is 15.9. The second-order valence-electron chi connectivity index (χ2n) is 12.6. The van der Waals surface area contributed by atoms with Gasteiger partial charge in [0.15, 0.2) is 0 Å². The molecule has 0 spiro atoms. The minimum Gasteiger partial charge on any atom is -0.330 e. The van der Waals surface area contributed by atoms with Crippen molar-refractivity contribution in [3.05, 3.63) is 119 Å². The van der Waals surface area contributed by atoms with Crippen molar-refractivity contribution in [2.24, 2.45) is 11.5 Å². The summed E-state index contributed by atoms with van der Waals surface area (Å²) in [7, 11) is -22.6. The van der Waals surface area contributed by atoms with Crippen molar-refractivity contribution in [3.63, 3.8) is 0 Å². The van der Waals surface area contributed by atoms with Gasteiger partial charge in [0.05, 0.1) is 19.6 Å². The highest BCUT2D eigenvalue weighted by Crippen LogP contribution is 2.51. The average Bonchev–Trinajstić information content (AvgIpc) is 3.09. The minimum atomic E-state index is -5.66. The van der Waals surface area contributed by atoms with Crippen molar-refractivity contribution in [3.8, 4) is 0 Å². The lowest BCUT2D eigenvalue weighted by molar-refractivity contribution is 0.387. The molecule has 4 aromatic carbocycles. The Balaban J connectivity index is 2.45. The number of hydrogen-bond acceptors (Lipinski definition) is 12. The normalized spacial score (nSPS) is 13.3.